The Morgan fingerprint density at radius 2 is 2.30 bits per heavy atom. The first kappa shape index (κ1) is 13.8. The molecule has 5 nitrogen and oxygen atoms in total. The van der Waals surface area contributed by atoms with Gasteiger partial charge >= 0.3 is 0 Å². The van der Waals surface area contributed by atoms with Crippen molar-refractivity contribution in [2.24, 2.45) is 0 Å². The first-order valence-electron chi connectivity index (χ1n) is 6.19. The third-order valence-electron chi connectivity index (χ3n) is 2.89. The Labute approximate surface area is 116 Å². The smallest absolute Gasteiger partial charge is 0.251 e. The number of hydrogen-bond acceptors (Lipinski definition) is 4. The predicted octanol–water partition coefficient (Wildman–Crippen LogP) is 2.00. The molecule has 0 aliphatic heterocycles. The molecular weight excluding hydrogens is 256 g/mol. The highest BCUT2D eigenvalue weighted by Crippen LogP contribution is 2.15. The predicted molar refractivity (Wildman–Crippen MR) is 71.8 cm³/mol. The molecule has 0 bridgehead atoms. The molecule has 0 fully saturated rings. The third kappa shape index (κ3) is 3.46. The van der Waals surface area contributed by atoms with Crippen LogP contribution in [0.5, 0.6) is 0 Å². The van der Waals surface area contributed by atoms with E-state index >= 15 is 0 Å². The van der Waals surface area contributed by atoms with Crippen LogP contribution in [0.25, 0.3) is 0 Å². The summed E-state index contributed by atoms with van der Waals surface area (Å²) in [5.41, 5.74) is 1.56. The van der Waals surface area contributed by atoms with Crippen molar-refractivity contribution in [1.82, 2.24) is 5.32 Å². The van der Waals surface area contributed by atoms with E-state index in [1.54, 1.807) is 24.3 Å². The fourth-order valence-electron chi connectivity index (χ4n) is 1.79. The Morgan fingerprint density at radius 3 is 3.00 bits per heavy atom. The Kier molecular flexibility index (Phi) is 4.53. The second kappa shape index (κ2) is 6.55. The van der Waals surface area contributed by atoms with E-state index in [9.17, 15) is 9.90 Å². The molecule has 102 valence electrons. The zero-order chi connectivity index (χ0) is 14.4. The molecule has 1 unspecified atom stereocenters. The minimum atomic E-state index is -0.667. The van der Waals surface area contributed by atoms with E-state index in [1.165, 1.54) is 18.6 Å². The highest BCUT2D eigenvalue weighted by molar-refractivity contribution is 5.94. The van der Waals surface area contributed by atoms with E-state index in [-0.39, 0.29) is 5.91 Å². The van der Waals surface area contributed by atoms with Crippen LogP contribution in [0.1, 0.15) is 34.0 Å². The lowest BCUT2D eigenvalue weighted by atomic mass is 10.1. The van der Waals surface area contributed by atoms with Gasteiger partial charge in [0.25, 0.3) is 5.91 Å². The number of aliphatic hydroxyl groups excluding tert-OH is 1. The van der Waals surface area contributed by atoms with Crippen LogP contribution in [0.3, 0.4) is 0 Å². The van der Waals surface area contributed by atoms with Crippen molar-refractivity contribution in [2.75, 3.05) is 6.54 Å². The Balaban J connectivity index is 1.85. The number of nitrogens with one attached hydrogen (secondary N) is 1. The van der Waals surface area contributed by atoms with Crippen molar-refractivity contribution in [3.63, 3.8) is 0 Å². The minimum Gasteiger partial charge on any atom is -0.472 e. The van der Waals surface area contributed by atoms with E-state index in [4.69, 9.17) is 9.68 Å². The second-order valence-electron chi connectivity index (χ2n) is 4.31. The lowest BCUT2D eigenvalue weighted by Gasteiger charge is -2.09. The maximum absolute atomic E-state index is 11.9. The Bertz CT molecular complexity index is 614. The van der Waals surface area contributed by atoms with Crippen molar-refractivity contribution in [1.29, 1.82) is 5.26 Å². The largest absolute Gasteiger partial charge is 0.472 e. The van der Waals surface area contributed by atoms with Crippen LogP contribution >= 0.6 is 0 Å². The molecule has 2 N–H and O–H groups in total. The first-order chi connectivity index (χ1) is 9.70. The van der Waals surface area contributed by atoms with Crippen LogP contribution in [0.2, 0.25) is 0 Å². The number of amides is 1. The molecule has 0 aliphatic carbocycles. The number of rotatable bonds is 5. The van der Waals surface area contributed by atoms with Gasteiger partial charge in [-0.1, -0.05) is 6.07 Å². The lowest BCUT2D eigenvalue weighted by molar-refractivity contribution is 0.0942. The lowest BCUT2D eigenvalue weighted by Crippen LogP contribution is -2.25. The summed E-state index contributed by atoms with van der Waals surface area (Å²) in [6, 6.07) is 10.1. The summed E-state index contributed by atoms with van der Waals surface area (Å²) >= 11 is 0. The minimum absolute atomic E-state index is 0.263. The summed E-state index contributed by atoms with van der Waals surface area (Å²) in [7, 11) is 0. The van der Waals surface area contributed by atoms with E-state index < -0.39 is 6.10 Å². The maximum Gasteiger partial charge on any atom is 0.251 e. The van der Waals surface area contributed by atoms with Gasteiger partial charge in [-0.2, -0.15) is 5.26 Å². The highest BCUT2D eigenvalue weighted by atomic mass is 16.3. The molecule has 0 aliphatic rings. The van der Waals surface area contributed by atoms with Crippen LogP contribution in [0.15, 0.2) is 47.3 Å². The number of carbonyl (C=O) groups is 1. The summed E-state index contributed by atoms with van der Waals surface area (Å²) in [6.45, 7) is 0.335. The normalized spacial score (nSPS) is 11.6. The van der Waals surface area contributed by atoms with Gasteiger partial charge in [0.2, 0.25) is 0 Å². The van der Waals surface area contributed by atoms with Crippen LogP contribution in [-0.4, -0.2) is 17.6 Å². The molecule has 1 aromatic carbocycles. The number of hydrogen-bond donors (Lipinski definition) is 2. The average molecular weight is 270 g/mol. The summed E-state index contributed by atoms with van der Waals surface area (Å²) < 4.78 is 4.88. The van der Waals surface area contributed by atoms with E-state index in [0.29, 0.717) is 29.7 Å². The molecule has 20 heavy (non-hydrogen) atoms. The molecule has 5 heteroatoms. The quantitative estimate of drug-likeness (QED) is 0.870. The van der Waals surface area contributed by atoms with Crippen LogP contribution in [0, 0.1) is 11.3 Å². The second-order valence-corrected chi connectivity index (χ2v) is 4.31. The molecule has 0 spiro atoms. The highest BCUT2D eigenvalue weighted by Gasteiger charge is 2.10. The van der Waals surface area contributed by atoms with Gasteiger partial charge in [0.05, 0.1) is 30.3 Å². The zero-order valence-electron chi connectivity index (χ0n) is 10.7. The van der Waals surface area contributed by atoms with Gasteiger partial charge in [0, 0.05) is 17.7 Å². The van der Waals surface area contributed by atoms with Crippen molar-refractivity contribution in [3.05, 3.63) is 59.5 Å². The van der Waals surface area contributed by atoms with Gasteiger partial charge in [0.15, 0.2) is 0 Å². The number of nitrogens with zero attached hydrogens (tertiary/aromatic N) is 1. The number of carbonyl (C=O) groups excluding carboxylic acids is 1. The van der Waals surface area contributed by atoms with Crippen LogP contribution in [-0.2, 0) is 0 Å². The first-order valence-corrected chi connectivity index (χ1v) is 6.19. The summed E-state index contributed by atoms with van der Waals surface area (Å²) in [4.78, 5) is 11.9. The SMILES string of the molecule is N#Cc1cccc(C(=O)NCCC(O)c2ccoc2)c1. The molecule has 0 saturated carbocycles. The monoisotopic (exact) mass is 270 g/mol. The molecule has 0 radical (unpaired) electrons. The van der Waals surface area contributed by atoms with Crippen LogP contribution < -0.4 is 5.32 Å². The fraction of sp³-hybridized carbons (Fsp3) is 0.200. The van der Waals surface area contributed by atoms with Crippen molar-refractivity contribution >= 4 is 5.91 Å². The molecule has 1 atom stereocenters. The van der Waals surface area contributed by atoms with Gasteiger partial charge in [-0.25, -0.2) is 0 Å². The Hall–Kier alpha value is -2.58. The summed E-state index contributed by atoms with van der Waals surface area (Å²) in [6.07, 6.45) is 2.69. The zero-order valence-corrected chi connectivity index (χ0v) is 10.7. The summed E-state index contributed by atoms with van der Waals surface area (Å²) in [5.74, 6) is -0.263. The van der Waals surface area contributed by atoms with Gasteiger partial charge in [0.1, 0.15) is 0 Å². The molecule has 2 rings (SSSR count). The standard InChI is InChI=1S/C15H14N2O3/c16-9-11-2-1-3-12(8-11)15(19)17-6-4-14(18)13-5-7-20-10-13/h1-3,5,7-8,10,14,18H,4,6H2,(H,17,19). The maximum atomic E-state index is 11.9. The molecule has 2 aromatic rings. The molecule has 1 aromatic heterocycles. The van der Waals surface area contributed by atoms with Gasteiger partial charge in [-0.15, -0.1) is 0 Å². The number of benzene rings is 1. The Morgan fingerprint density at radius 1 is 1.45 bits per heavy atom. The third-order valence-corrected chi connectivity index (χ3v) is 2.89. The number of nitriles is 1. The van der Waals surface area contributed by atoms with Gasteiger partial charge in [-0.05, 0) is 30.7 Å². The summed E-state index contributed by atoms with van der Waals surface area (Å²) in [5, 5.41) is 21.3. The van der Waals surface area contributed by atoms with Gasteiger partial charge < -0.3 is 14.8 Å². The molecule has 0 saturated heterocycles. The fourth-order valence-corrected chi connectivity index (χ4v) is 1.79. The molecule has 1 heterocycles. The van der Waals surface area contributed by atoms with Crippen LogP contribution in [0.4, 0.5) is 0 Å². The topological polar surface area (TPSA) is 86.3 Å². The molecule has 1 amide bonds. The van der Waals surface area contributed by atoms with E-state index in [0.717, 1.165) is 0 Å². The average Bonchev–Trinajstić information content (AvgIpc) is 3.01. The van der Waals surface area contributed by atoms with Gasteiger partial charge in [-0.3, -0.25) is 4.79 Å². The van der Waals surface area contributed by atoms with Crippen molar-refractivity contribution < 1.29 is 14.3 Å². The van der Waals surface area contributed by atoms with E-state index in [1.807, 2.05) is 6.07 Å². The van der Waals surface area contributed by atoms with E-state index in [2.05, 4.69) is 5.32 Å². The number of furan rings is 1. The molecular formula is C15H14N2O3. The number of aliphatic hydroxyl groups is 1. The van der Waals surface area contributed by atoms with Crippen molar-refractivity contribution in [2.45, 2.75) is 12.5 Å². The van der Waals surface area contributed by atoms with Crippen molar-refractivity contribution in [3.8, 4) is 6.07 Å².